The molecule has 0 fully saturated rings. The van der Waals surface area contributed by atoms with Crippen molar-refractivity contribution in [3.63, 3.8) is 0 Å². The van der Waals surface area contributed by atoms with E-state index in [1.54, 1.807) is 28.8 Å². The van der Waals surface area contributed by atoms with Crippen molar-refractivity contribution in [2.75, 3.05) is 18.9 Å². The highest BCUT2D eigenvalue weighted by molar-refractivity contribution is 7.99. The third-order valence-corrected chi connectivity index (χ3v) is 5.40. The highest BCUT2D eigenvalue weighted by Gasteiger charge is 2.16. The first-order valence-corrected chi connectivity index (χ1v) is 10.8. The van der Waals surface area contributed by atoms with E-state index >= 15 is 0 Å². The topological polar surface area (TPSA) is 100 Å². The van der Waals surface area contributed by atoms with Crippen molar-refractivity contribution >= 4 is 23.7 Å². The molecule has 0 aliphatic rings. The minimum Gasteiger partial charge on any atom is -0.394 e. The number of amides is 1. The lowest BCUT2D eigenvalue weighted by atomic mass is 10.2. The number of aliphatic hydroxyl groups is 2. The smallest absolute Gasteiger partial charge is 0.244 e. The normalized spacial score (nSPS) is 12.2. The fraction of sp³-hybridized carbons (Fsp3) is 0.227. The van der Waals surface area contributed by atoms with Gasteiger partial charge < -0.3 is 15.5 Å². The summed E-state index contributed by atoms with van der Waals surface area (Å²) in [6.45, 7) is -0.116. The Labute approximate surface area is 187 Å². The van der Waals surface area contributed by atoms with E-state index in [-0.39, 0.29) is 36.4 Å². The quantitative estimate of drug-likeness (QED) is 0.317. The first kappa shape index (κ1) is 23.6. The van der Waals surface area contributed by atoms with E-state index in [9.17, 15) is 18.7 Å². The molecule has 3 rings (SSSR count). The third kappa shape index (κ3) is 6.71. The maximum atomic E-state index is 13.4. The summed E-state index contributed by atoms with van der Waals surface area (Å²) in [4.78, 5) is 12.1. The lowest BCUT2D eigenvalue weighted by Crippen LogP contribution is -2.24. The molecule has 1 aromatic heterocycles. The van der Waals surface area contributed by atoms with Gasteiger partial charge in [0.05, 0.1) is 12.7 Å². The second kappa shape index (κ2) is 11.5. The molecule has 3 aromatic rings. The molecule has 0 bridgehead atoms. The molecule has 0 radical (unpaired) electrons. The van der Waals surface area contributed by atoms with Crippen LogP contribution in [-0.4, -0.2) is 55.9 Å². The molecule has 168 valence electrons. The van der Waals surface area contributed by atoms with Crippen molar-refractivity contribution in [3.8, 4) is 5.69 Å². The van der Waals surface area contributed by atoms with Crippen molar-refractivity contribution in [1.82, 2.24) is 20.1 Å². The molecule has 3 N–H and O–H groups in total. The number of nitrogens with zero attached hydrogens (tertiary/aromatic N) is 3. The number of aromatic nitrogens is 3. The monoisotopic (exact) mass is 460 g/mol. The number of carbonyl (C=O) groups is 1. The molecule has 2 aromatic carbocycles. The highest BCUT2D eigenvalue weighted by Crippen LogP contribution is 2.23. The molecule has 0 spiro atoms. The summed E-state index contributed by atoms with van der Waals surface area (Å²) < 4.78 is 28.3. The van der Waals surface area contributed by atoms with Gasteiger partial charge >= 0.3 is 0 Å². The Kier molecular flexibility index (Phi) is 8.48. The Bertz CT molecular complexity index is 1070. The van der Waals surface area contributed by atoms with Crippen LogP contribution in [0, 0.1) is 11.6 Å². The van der Waals surface area contributed by atoms with Gasteiger partial charge in [0.1, 0.15) is 17.5 Å². The van der Waals surface area contributed by atoms with Gasteiger partial charge in [0, 0.05) is 30.5 Å². The Hall–Kier alpha value is -3.08. The molecule has 1 atom stereocenters. The molecule has 10 heteroatoms. The summed E-state index contributed by atoms with van der Waals surface area (Å²) in [5.74, 6) is -0.370. The molecule has 0 aliphatic carbocycles. The van der Waals surface area contributed by atoms with Crippen LogP contribution in [-0.2, 0) is 11.2 Å². The summed E-state index contributed by atoms with van der Waals surface area (Å²) in [6, 6.07) is 11.7. The van der Waals surface area contributed by atoms with Gasteiger partial charge in [-0.2, -0.15) is 0 Å². The van der Waals surface area contributed by atoms with Gasteiger partial charge in [-0.1, -0.05) is 23.9 Å². The molecule has 1 unspecified atom stereocenters. The number of nitrogens with one attached hydrogen (secondary N) is 1. The van der Waals surface area contributed by atoms with E-state index in [2.05, 4.69) is 15.5 Å². The van der Waals surface area contributed by atoms with Crippen molar-refractivity contribution < 1.29 is 23.8 Å². The molecular formula is C22H22F2N4O3S. The molecular weight excluding hydrogens is 438 g/mol. The fourth-order valence-electron chi connectivity index (χ4n) is 2.77. The molecule has 7 nitrogen and oxygen atoms in total. The average Bonchev–Trinajstić information content (AvgIpc) is 3.19. The second-order valence-corrected chi connectivity index (χ2v) is 7.77. The van der Waals surface area contributed by atoms with Gasteiger partial charge in [0.25, 0.3) is 0 Å². The maximum Gasteiger partial charge on any atom is 0.244 e. The summed E-state index contributed by atoms with van der Waals surface area (Å²) in [5, 5.41) is 30.1. The zero-order chi connectivity index (χ0) is 22.9. The molecule has 1 heterocycles. The van der Waals surface area contributed by atoms with Crippen molar-refractivity contribution in [2.45, 2.75) is 17.7 Å². The largest absolute Gasteiger partial charge is 0.394 e. The van der Waals surface area contributed by atoms with Gasteiger partial charge in [-0.15, -0.1) is 10.2 Å². The summed E-state index contributed by atoms with van der Waals surface area (Å²) in [5.41, 5.74) is 1.20. The first-order chi connectivity index (χ1) is 15.5. The van der Waals surface area contributed by atoms with E-state index in [1.165, 1.54) is 48.2 Å². The van der Waals surface area contributed by atoms with Crippen LogP contribution < -0.4 is 5.32 Å². The van der Waals surface area contributed by atoms with Gasteiger partial charge in [0.2, 0.25) is 5.91 Å². The highest BCUT2D eigenvalue weighted by atomic mass is 32.2. The summed E-state index contributed by atoms with van der Waals surface area (Å²) in [6.07, 6.45) is 2.26. The molecule has 0 aliphatic heterocycles. The van der Waals surface area contributed by atoms with Crippen molar-refractivity contribution in [1.29, 1.82) is 0 Å². The maximum absolute atomic E-state index is 13.4. The van der Waals surface area contributed by atoms with E-state index in [1.807, 2.05) is 0 Å². The van der Waals surface area contributed by atoms with Crippen LogP contribution in [0.5, 0.6) is 0 Å². The van der Waals surface area contributed by atoms with Gasteiger partial charge in [0.15, 0.2) is 5.16 Å². The minimum absolute atomic E-state index is 0.206. The fourth-order valence-corrected chi connectivity index (χ4v) is 3.65. The third-order valence-electron chi connectivity index (χ3n) is 4.32. The molecule has 32 heavy (non-hydrogen) atoms. The minimum atomic E-state index is -0.911. The Morgan fingerprint density at radius 2 is 1.94 bits per heavy atom. The van der Waals surface area contributed by atoms with Crippen LogP contribution in [0.3, 0.4) is 0 Å². The number of benzene rings is 2. The number of hydrogen-bond acceptors (Lipinski definition) is 6. The number of thioether (sulfide) groups is 1. The second-order valence-electron chi connectivity index (χ2n) is 6.79. The number of halogens is 2. The number of hydrogen-bond donors (Lipinski definition) is 3. The van der Waals surface area contributed by atoms with Gasteiger partial charge in [-0.25, -0.2) is 8.78 Å². The average molecular weight is 461 g/mol. The van der Waals surface area contributed by atoms with Crippen LogP contribution in [0.4, 0.5) is 8.78 Å². The molecule has 0 saturated heterocycles. The predicted octanol–water partition coefficient (Wildman–Crippen LogP) is 2.36. The lowest BCUT2D eigenvalue weighted by molar-refractivity contribution is -0.116. The number of aliphatic hydroxyl groups excluding tert-OH is 2. The molecule has 0 saturated carbocycles. The van der Waals surface area contributed by atoms with E-state index in [0.717, 1.165) is 0 Å². The Balaban J connectivity index is 1.66. The lowest BCUT2D eigenvalue weighted by Gasteiger charge is -2.11. The van der Waals surface area contributed by atoms with Crippen LogP contribution in [0.1, 0.15) is 11.4 Å². The predicted molar refractivity (Wildman–Crippen MR) is 117 cm³/mol. The van der Waals surface area contributed by atoms with Crippen molar-refractivity contribution in [2.24, 2.45) is 0 Å². The Morgan fingerprint density at radius 1 is 1.16 bits per heavy atom. The summed E-state index contributed by atoms with van der Waals surface area (Å²) in [7, 11) is 0. The van der Waals surface area contributed by atoms with Crippen LogP contribution in [0.2, 0.25) is 0 Å². The van der Waals surface area contributed by atoms with Crippen LogP contribution in [0.25, 0.3) is 11.8 Å². The number of carbonyl (C=O) groups excluding carboxylic acids is 1. The first-order valence-electron chi connectivity index (χ1n) is 9.79. The zero-order valence-electron chi connectivity index (χ0n) is 17.0. The summed E-state index contributed by atoms with van der Waals surface area (Å²) >= 11 is 1.20. The standard InChI is InChI=1S/C22H22F2N4O3S/c23-16-5-7-18(8-6-16)28-20(26-27-22(28)32-14-19(30)13-29)10-11-25-21(31)9-4-15-2-1-3-17(24)12-15/h1-9,12,19,29-30H,10-11,13-14H2,(H,25,31)/b9-4+. The Morgan fingerprint density at radius 3 is 2.66 bits per heavy atom. The molecule has 1 amide bonds. The van der Waals surface area contributed by atoms with Gasteiger partial charge in [-0.05, 0) is 48.0 Å². The van der Waals surface area contributed by atoms with Gasteiger partial charge in [-0.3, -0.25) is 9.36 Å². The van der Waals surface area contributed by atoms with Crippen LogP contribution >= 0.6 is 11.8 Å². The van der Waals surface area contributed by atoms with E-state index in [4.69, 9.17) is 5.11 Å². The SMILES string of the molecule is O=C(/C=C/c1cccc(F)c1)NCCc1nnc(SCC(O)CO)n1-c1ccc(F)cc1. The van der Waals surface area contributed by atoms with Crippen LogP contribution in [0.15, 0.2) is 59.8 Å². The van der Waals surface area contributed by atoms with Crippen molar-refractivity contribution in [3.05, 3.63) is 77.6 Å². The number of rotatable bonds is 10. The van der Waals surface area contributed by atoms with E-state index < -0.39 is 6.10 Å². The van der Waals surface area contributed by atoms with E-state index in [0.29, 0.717) is 28.7 Å². The zero-order valence-corrected chi connectivity index (χ0v) is 17.8.